The second kappa shape index (κ2) is 7.47. The van der Waals surface area contributed by atoms with E-state index in [1.807, 2.05) is 78.6 Å². The van der Waals surface area contributed by atoms with E-state index < -0.39 is 0 Å². The number of nitrogens with zero attached hydrogens (tertiary/aromatic N) is 1. The van der Waals surface area contributed by atoms with Gasteiger partial charge in [0.1, 0.15) is 0 Å². The van der Waals surface area contributed by atoms with E-state index >= 15 is 0 Å². The van der Waals surface area contributed by atoms with Crippen LogP contribution in [-0.2, 0) is 9.59 Å². The Bertz CT molecular complexity index is 1010. The molecule has 1 aliphatic carbocycles. The van der Waals surface area contributed by atoms with Crippen molar-refractivity contribution in [2.45, 2.75) is 40.0 Å². The molecule has 0 fully saturated rings. The van der Waals surface area contributed by atoms with Gasteiger partial charge in [-0.15, -0.1) is 0 Å². The Kier molecular flexibility index (Phi) is 4.99. The zero-order valence-electron chi connectivity index (χ0n) is 17.3. The van der Waals surface area contributed by atoms with Gasteiger partial charge in [-0.2, -0.15) is 0 Å². The van der Waals surface area contributed by atoms with Gasteiger partial charge in [-0.25, -0.2) is 0 Å². The zero-order valence-corrected chi connectivity index (χ0v) is 17.3. The van der Waals surface area contributed by atoms with Gasteiger partial charge in [0.25, 0.3) is 0 Å². The number of carbonyl (C=O) groups excluding carboxylic acids is 2. The van der Waals surface area contributed by atoms with Crippen LogP contribution >= 0.6 is 0 Å². The van der Waals surface area contributed by atoms with Crippen LogP contribution in [0.4, 0.5) is 5.69 Å². The quantitative estimate of drug-likeness (QED) is 0.679. The van der Waals surface area contributed by atoms with Gasteiger partial charge in [-0.05, 0) is 36.0 Å². The maximum absolute atomic E-state index is 13.3. The van der Waals surface area contributed by atoms with Crippen LogP contribution in [0.3, 0.4) is 0 Å². The number of benzene rings is 2. The number of carbonyl (C=O) groups is 2. The van der Waals surface area contributed by atoms with Crippen LogP contribution < -0.4 is 4.90 Å². The van der Waals surface area contributed by atoms with E-state index in [0.29, 0.717) is 12.8 Å². The zero-order chi connectivity index (χ0) is 20.6. The predicted octanol–water partition coefficient (Wildman–Crippen LogP) is 5.70. The number of allylic oxidation sites excluding steroid dienone is 3. The molecule has 4 rings (SSSR count). The number of para-hydroxylation sites is 1. The van der Waals surface area contributed by atoms with Crippen molar-refractivity contribution in [3.8, 4) is 0 Å². The monoisotopic (exact) mass is 385 g/mol. The number of hydrogen-bond acceptors (Lipinski definition) is 2. The van der Waals surface area contributed by atoms with Crippen molar-refractivity contribution in [2.75, 3.05) is 4.90 Å². The average Bonchev–Trinajstić information content (AvgIpc) is 2.67. The molecule has 0 saturated carbocycles. The van der Waals surface area contributed by atoms with Crippen molar-refractivity contribution in [1.29, 1.82) is 0 Å². The van der Waals surface area contributed by atoms with E-state index in [4.69, 9.17) is 0 Å². The molecular formula is C26H27NO2. The summed E-state index contributed by atoms with van der Waals surface area (Å²) in [6.45, 7) is 6.23. The number of amides is 1. The Hall–Kier alpha value is -2.94. The molecule has 1 aliphatic heterocycles. The van der Waals surface area contributed by atoms with Crippen molar-refractivity contribution < 1.29 is 9.59 Å². The number of hydrogen-bond donors (Lipinski definition) is 0. The summed E-state index contributed by atoms with van der Waals surface area (Å²) in [5.74, 6) is 0.0675. The summed E-state index contributed by atoms with van der Waals surface area (Å²) < 4.78 is 0. The maximum Gasteiger partial charge on any atom is 0.232 e. The molecule has 0 aromatic heterocycles. The van der Waals surface area contributed by atoms with E-state index in [0.717, 1.165) is 34.5 Å². The third-order valence-corrected chi connectivity index (χ3v) is 5.86. The predicted molar refractivity (Wildman–Crippen MR) is 117 cm³/mol. The topological polar surface area (TPSA) is 37.4 Å². The lowest BCUT2D eigenvalue weighted by Crippen LogP contribution is -2.44. The number of aryl methyl sites for hydroxylation is 1. The molecule has 1 atom stereocenters. The minimum atomic E-state index is -0.165. The third-order valence-electron chi connectivity index (χ3n) is 5.86. The second-order valence-corrected chi connectivity index (χ2v) is 8.90. The van der Waals surface area contributed by atoms with Gasteiger partial charge in [-0.3, -0.25) is 14.5 Å². The van der Waals surface area contributed by atoms with E-state index in [1.165, 1.54) is 0 Å². The highest BCUT2D eigenvalue weighted by molar-refractivity contribution is 6.07. The first-order valence-corrected chi connectivity index (χ1v) is 10.2. The molecule has 1 amide bonds. The van der Waals surface area contributed by atoms with Crippen molar-refractivity contribution in [3.05, 3.63) is 83.1 Å². The third kappa shape index (κ3) is 3.82. The van der Waals surface area contributed by atoms with Gasteiger partial charge in [0.05, 0.1) is 5.69 Å². The Morgan fingerprint density at radius 1 is 0.966 bits per heavy atom. The fraction of sp³-hybridized carbons (Fsp3) is 0.308. The highest BCUT2D eigenvalue weighted by Gasteiger charge is 2.43. The molecule has 2 aliphatic rings. The molecular weight excluding hydrogens is 358 g/mol. The molecule has 1 heterocycles. The van der Waals surface area contributed by atoms with E-state index in [1.54, 1.807) is 0 Å². The largest absolute Gasteiger partial charge is 0.294 e. The van der Waals surface area contributed by atoms with E-state index in [9.17, 15) is 9.59 Å². The van der Waals surface area contributed by atoms with E-state index in [2.05, 4.69) is 13.8 Å². The van der Waals surface area contributed by atoms with Gasteiger partial charge >= 0.3 is 0 Å². The van der Waals surface area contributed by atoms with Gasteiger partial charge in [0.15, 0.2) is 5.78 Å². The summed E-state index contributed by atoms with van der Waals surface area (Å²) in [5.41, 5.74) is 4.57. The first kappa shape index (κ1) is 19.4. The van der Waals surface area contributed by atoms with Crippen LogP contribution in [0.25, 0.3) is 6.08 Å². The molecule has 3 nitrogen and oxygen atoms in total. The van der Waals surface area contributed by atoms with Crippen LogP contribution in [0.5, 0.6) is 0 Å². The van der Waals surface area contributed by atoms with Crippen molar-refractivity contribution in [2.24, 2.45) is 11.3 Å². The lowest BCUT2D eigenvalue weighted by molar-refractivity contribution is -0.121. The smallest absolute Gasteiger partial charge is 0.232 e. The number of ketones is 1. The normalized spacial score (nSPS) is 21.6. The molecule has 2 aromatic carbocycles. The van der Waals surface area contributed by atoms with Crippen LogP contribution in [0.1, 0.15) is 44.2 Å². The summed E-state index contributed by atoms with van der Waals surface area (Å²) in [4.78, 5) is 28.3. The summed E-state index contributed by atoms with van der Waals surface area (Å²) in [6.07, 6.45) is 5.64. The highest BCUT2D eigenvalue weighted by Crippen LogP contribution is 2.46. The van der Waals surface area contributed by atoms with Gasteiger partial charge in [0.2, 0.25) is 5.91 Å². The first-order chi connectivity index (χ1) is 13.9. The molecule has 3 heteroatoms. The number of anilines is 1. The molecule has 29 heavy (non-hydrogen) atoms. The Balaban J connectivity index is 1.82. The molecule has 2 aromatic rings. The van der Waals surface area contributed by atoms with Crippen LogP contribution in [0.2, 0.25) is 0 Å². The Labute approximate surface area is 172 Å². The summed E-state index contributed by atoms with van der Waals surface area (Å²) in [7, 11) is 0. The molecule has 0 bridgehead atoms. The van der Waals surface area contributed by atoms with Crippen LogP contribution in [0.15, 0.2) is 71.9 Å². The lowest BCUT2D eigenvalue weighted by Gasteiger charge is -2.42. The molecule has 0 N–H and O–H groups in total. The standard InChI is InChI=1S/C26H27NO2/c1-18-9-7-8-12-21(18)27-22-16-26(2,3)17-23(28)25(22)20(15-24(27)29)14-13-19-10-5-4-6-11-19/h4-14,20H,15-17H2,1-3H3/b14-13+. The average molecular weight is 386 g/mol. The Morgan fingerprint density at radius 3 is 2.38 bits per heavy atom. The minimum absolute atomic E-state index is 0.0614. The summed E-state index contributed by atoms with van der Waals surface area (Å²) in [5, 5.41) is 0. The molecule has 1 unspecified atom stereocenters. The molecule has 0 spiro atoms. The fourth-order valence-corrected chi connectivity index (χ4v) is 4.50. The summed E-state index contributed by atoms with van der Waals surface area (Å²) >= 11 is 0. The Morgan fingerprint density at radius 2 is 1.66 bits per heavy atom. The van der Waals surface area contributed by atoms with Crippen LogP contribution in [-0.4, -0.2) is 11.7 Å². The molecule has 0 saturated heterocycles. The summed E-state index contributed by atoms with van der Waals surface area (Å²) in [6, 6.07) is 17.9. The van der Waals surface area contributed by atoms with Crippen molar-refractivity contribution in [3.63, 3.8) is 0 Å². The minimum Gasteiger partial charge on any atom is -0.294 e. The molecule has 0 radical (unpaired) electrons. The number of Topliss-reactive ketones (excluding diaryl/α,β-unsaturated/α-hetero) is 1. The SMILES string of the molecule is Cc1ccccc1N1C(=O)CC(/C=C/c2ccccc2)C2=C1CC(C)(C)CC2=O. The fourth-order valence-electron chi connectivity index (χ4n) is 4.50. The first-order valence-electron chi connectivity index (χ1n) is 10.2. The van der Waals surface area contributed by atoms with Gasteiger partial charge in [-0.1, -0.05) is 74.5 Å². The highest BCUT2D eigenvalue weighted by atomic mass is 16.2. The van der Waals surface area contributed by atoms with Crippen LogP contribution in [0, 0.1) is 18.3 Å². The lowest BCUT2D eigenvalue weighted by atomic mass is 9.70. The number of rotatable bonds is 3. The van der Waals surface area contributed by atoms with Crippen molar-refractivity contribution >= 4 is 23.5 Å². The maximum atomic E-state index is 13.3. The van der Waals surface area contributed by atoms with Crippen molar-refractivity contribution in [1.82, 2.24) is 0 Å². The molecule has 148 valence electrons. The van der Waals surface area contributed by atoms with Gasteiger partial charge < -0.3 is 0 Å². The van der Waals surface area contributed by atoms with Gasteiger partial charge in [0, 0.05) is 30.0 Å². The van der Waals surface area contributed by atoms with E-state index in [-0.39, 0.29) is 23.0 Å². The second-order valence-electron chi connectivity index (χ2n) is 8.90.